The zero-order chi connectivity index (χ0) is 11.8. The van der Waals surface area contributed by atoms with Crippen molar-refractivity contribution in [2.24, 2.45) is 4.99 Å². The van der Waals surface area contributed by atoms with Gasteiger partial charge in [0, 0.05) is 4.91 Å². The molecule has 17 heavy (non-hydrogen) atoms. The molecule has 1 aromatic rings. The van der Waals surface area contributed by atoms with Crippen LogP contribution in [0.1, 0.15) is 12.5 Å². The molecule has 0 bridgehead atoms. The largest absolute Gasteiger partial charge is 0.394 e. The van der Waals surface area contributed by atoms with E-state index in [1.807, 2.05) is 18.2 Å². The summed E-state index contributed by atoms with van der Waals surface area (Å²) in [5, 5.41) is 10.4. The van der Waals surface area contributed by atoms with E-state index in [0.717, 1.165) is 5.17 Å². The van der Waals surface area contributed by atoms with Crippen LogP contribution in [-0.4, -0.2) is 34.4 Å². The lowest BCUT2D eigenvalue weighted by Gasteiger charge is -2.24. The number of benzene rings is 1. The van der Waals surface area contributed by atoms with E-state index in [4.69, 9.17) is 0 Å². The van der Waals surface area contributed by atoms with E-state index < -0.39 is 0 Å². The normalized spacial score (nSPS) is 23.1. The first-order valence-electron chi connectivity index (χ1n) is 5.70. The number of amidine groups is 1. The van der Waals surface area contributed by atoms with E-state index in [9.17, 15) is 5.11 Å². The summed E-state index contributed by atoms with van der Waals surface area (Å²) in [6.45, 7) is 2.96. The van der Waals surface area contributed by atoms with Gasteiger partial charge in [0.25, 0.3) is 0 Å². The van der Waals surface area contributed by atoms with E-state index in [1.165, 1.54) is 16.2 Å². The Morgan fingerprint density at radius 1 is 1.41 bits per heavy atom. The van der Waals surface area contributed by atoms with Crippen LogP contribution in [0, 0.1) is 0 Å². The third kappa shape index (κ3) is 1.68. The van der Waals surface area contributed by atoms with Crippen molar-refractivity contribution >= 4 is 22.6 Å². The number of aliphatic hydroxyl groups is 1. The fraction of sp³-hybridized carbons (Fsp3) is 0.308. The maximum absolute atomic E-state index is 9.42. The second kappa shape index (κ2) is 4.20. The van der Waals surface area contributed by atoms with E-state index in [1.54, 1.807) is 11.8 Å². The van der Waals surface area contributed by atoms with Crippen LogP contribution in [0.4, 0.5) is 0 Å². The Balaban J connectivity index is 2.03. The number of allylic oxidation sites excluding steroid dienone is 1. The maximum Gasteiger partial charge on any atom is 0.168 e. The van der Waals surface area contributed by atoms with Gasteiger partial charge in [-0.25, -0.2) is 0 Å². The Morgan fingerprint density at radius 3 is 2.88 bits per heavy atom. The molecule has 2 heterocycles. The predicted octanol–water partition coefficient (Wildman–Crippen LogP) is 2.15. The van der Waals surface area contributed by atoms with Gasteiger partial charge >= 0.3 is 0 Å². The van der Waals surface area contributed by atoms with E-state index in [0.29, 0.717) is 6.54 Å². The molecule has 3 rings (SSSR count). The van der Waals surface area contributed by atoms with Crippen LogP contribution in [0.2, 0.25) is 0 Å². The van der Waals surface area contributed by atoms with Crippen molar-refractivity contribution in [3.63, 3.8) is 0 Å². The lowest BCUT2D eigenvalue weighted by molar-refractivity contribution is 0.227. The number of fused-ring (bicyclic) bond motifs is 1. The van der Waals surface area contributed by atoms with Gasteiger partial charge in [0.05, 0.1) is 24.9 Å². The van der Waals surface area contributed by atoms with Crippen molar-refractivity contribution in [2.45, 2.75) is 13.0 Å². The molecule has 4 heteroatoms. The van der Waals surface area contributed by atoms with E-state index in [-0.39, 0.29) is 12.6 Å². The summed E-state index contributed by atoms with van der Waals surface area (Å²) in [4.78, 5) is 7.91. The SMILES string of the molecule is CC1=C(c2ccccc2)N2C(=NC[C@H]2CO)S1. The molecule has 88 valence electrons. The predicted molar refractivity (Wildman–Crippen MR) is 71.6 cm³/mol. The second-order valence-electron chi connectivity index (χ2n) is 4.20. The van der Waals surface area contributed by atoms with Crippen molar-refractivity contribution < 1.29 is 5.11 Å². The van der Waals surface area contributed by atoms with E-state index in [2.05, 4.69) is 28.9 Å². The molecule has 1 N–H and O–H groups in total. The molecular formula is C13H14N2OS. The molecule has 0 amide bonds. The summed E-state index contributed by atoms with van der Waals surface area (Å²) in [5.41, 5.74) is 2.40. The average molecular weight is 246 g/mol. The number of hydrogen-bond acceptors (Lipinski definition) is 4. The molecule has 0 aromatic heterocycles. The monoisotopic (exact) mass is 246 g/mol. The summed E-state index contributed by atoms with van der Waals surface area (Å²) >= 11 is 1.70. The highest BCUT2D eigenvalue weighted by atomic mass is 32.2. The molecule has 3 nitrogen and oxygen atoms in total. The lowest BCUT2D eigenvalue weighted by atomic mass is 10.1. The van der Waals surface area contributed by atoms with Crippen LogP contribution in [0.3, 0.4) is 0 Å². The van der Waals surface area contributed by atoms with Gasteiger partial charge in [-0.15, -0.1) is 0 Å². The average Bonchev–Trinajstić information content (AvgIpc) is 2.87. The molecule has 0 saturated carbocycles. The molecule has 0 saturated heterocycles. The topological polar surface area (TPSA) is 35.8 Å². The van der Waals surface area contributed by atoms with E-state index >= 15 is 0 Å². The molecule has 0 fully saturated rings. The quantitative estimate of drug-likeness (QED) is 0.868. The Morgan fingerprint density at radius 2 is 2.18 bits per heavy atom. The molecule has 1 aromatic carbocycles. The van der Waals surface area contributed by atoms with Gasteiger partial charge in [-0.1, -0.05) is 42.1 Å². The standard InChI is InChI=1S/C13H14N2OS/c1-9-12(10-5-3-2-4-6-10)15-11(8-16)7-14-13(15)17-9/h2-6,11,16H,7-8H2,1H3/t11-/m0/s1. The number of aliphatic hydroxyl groups excluding tert-OH is 1. The zero-order valence-electron chi connectivity index (χ0n) is 9.63. The molecule has 1 atom stereocenters. The summed E-state index contributed by atoms with van der Waals surface area (Å²) in [5.74, 6) is 0. The minimum Gasteiger partial charge on any atom is -0.394 e. The van der Waals surface area contributed by atoms with Crippen molar-refractivity contribution in [3.8, 4) is 0 Å². The smallest absolute Gasteiger partial charge is 0.168 e. The fourth-order valence-electron chi connectivity index (χ4n) is 2.29. The molecule has 0 spiro atoms. The highest BCUT2D eigenvalue weighted by Crippen LogP contribution is 2.42. The first kappa shape index (κ1) is 10.9. The Bertz CT molecular complexity index is 495. The van der Waals surface area contributed by atoms with Gasteiger partial charge in [0.2, 0.25) is 0 Å². The summed E-state index contributed by atoms with van der Waals surface area (Å²) in [6.07, 6.45) is 0. The minimum atomic E-state index is 0.102. The molecule has 0 aliphatic carbocycles. The number of aliphatic imine (C=N–C) groups is 1. The highest BCUT2D eigenvalue weighted by molar-refractivity contribution is 8.17. The van der Waals surface area contributed by atoms with Crippen LogP contribution >= 0.6 is 11.8 Å². The van der Waals surface area contributed by atoms with Gasteiger partial charge in [0.15, 0.2) is 5.17 Å². The molecule has 2 aliphatic rings. The summed E-state index contributed by atoms with van der Waals surface area (Å²) in [7, 11) is 0. The van der Waals surface area contributed by atoms with Gasteiger partial charge in [0.1, 0.15) is 0 Å². The third-order valence-corrected chi connectivity index (χ3v) is 4.09. The first-order chi connectivity index (χ1) is 8.31. The molecule has 2 aliphatic heterocycles. The third-order valence-electron chi connectivity index (χ3n) is 3.09. The van der Waals surface area contributed by atoms with Crippen molar-refractivity contribution in [1.29, 1.82) is 0 Å². The molecule has 0 radical (unpaired) electrons. The van der Waals surface area contributed by atoms with Gasteiger partial charge in [-0.05, 0) is 12.5 Å². The van der Waals surface area contributed by atoms with Crippen LogP contribution in [0.15, 0.2) is 40.2 Å². The Labute approximate surface area is 105 Å². The number of hydrogen-bond donors (Lipinski definition) is 1. The number of rotatable bonds is 2. The Kier molecular flexibility index (Phi) is 2.68. The van der Waals surface area contributed by atoms with Crippen LogP contribution in [-0.2, 0) is 0 Å². The van der Waals surface area contributed by atoms with Gasteiger partial charge < -0.3 is 10.0 Å². The van der Waals surface area contributed by atoms with Crippen LogP contribution in [0.25, 0.3) is 5.70 Å². The maximum atomic E-state index is 9.42. The minimum absolute atomic E-state index is 0.102. The summed E-state index contributed by atoms with van der Waals surface area (Å²) < 4.78 is 0. The van der Waals surface area contributed by atoms with Crippen molar-refractivity contribution in [1.82, 2.24) is 4.90 Å². The number of thioether (sulfide) groups is 1. The fourth-order valence-corrected chi connectivity index (χ4v) is 3.35. The second-order valence-corrected chi connectivity index (χ2v) is 5.38. The summed E-state index contributed by atoms with van der Waals surface area (Å²) in [6, 6.07) is 10.4. The molecule has 0 unspecified atom stereocenters. The van der Waals surface area contributed by atoms with Crippen molar-refractivity contribution in [2.75, 3.05) is 13.2 Å². The highest BCUT2D eigenvalue weighted by Gasteiger charge is 2.37. The molecular weight excluding hydrogens is 232 g/mol. The first-order valence-corrected chi connectivity index (χ1v) is 6.51. The van der Waals surface area contributed by atoms with Crippen molar-refractivity contribution in [3.05, 3.63) is 40.8 Å². The zero-order valence-corrected chi connectivity index (χ0v) is 10.4. The number of nitrogens with zero attached hydrogens (tertiary/aromatic N) is 2. The van der Waals surface area contributed by atoms with Gasteiger partial charge in [-0.3, -0.25) is 4.99 Å². The van der Waals surface area contributed by atoms with Gasteiger partial charge in [-0.2, -0.15) is 0 Å². The van der Waals surface area contributed by atoms with Crippen LogP contribution in [0.5, 0.6) is 0 Å². The van der Waals surface area contributed by atoms with Crippen LogP contribution < -0.4 is 0 Å². The Hall–Kier alpha value is -1.26. The lowest BCUT2D eigenvalue weighted by Crippen LogP contribution is -2.34.